The SMILES string of the molecule is CON(C)C(=O)c1nc2nc(-c3ccc(C4(N)CCC4)cc3)c(-c3ccccc3)cn2n1. The molecular formula is C24H24N6O2. The summed E-state index contributed by atoms with van der Waals surface area (Å²) in [4.78, 5) is 26.5. The molecule has 2 aromatic heterocycles. The quantitative estimate of drug-likeness (QED) is 0.489. The van der Waals surface area contributed by atoms with E-state index in [4.69, 9.17) is 15.6 Å². The standard InChI is InChI=1S/C24H24N6O2/c1-29(32-2)22(31)21-27-23-26-20(17-9-11-18(12-10-17)24(25)13-6-14-24)19(15-30(23)28-21)16-7-4-3-5-8-16/h3-5,7-12,15H,6,13-14,25H2,1-2H3. The number of benzene rings is 2. The highest BCUT2D eigenvalue weighted by molar-refractivity contribution is 5.90. The lowest BCUT2D eigenvalue weighted by Crippen LogP contribution is -2.43. The van der Waals surface area contributed by atoms with E-state index in [1.807, 2.05) is 36.5 Å². The fourth-order valence-electron chi connectivity index (χ4n) is 3.99. The number of amides is 1. The summed E-state index contributed by atoms with van der Waals surface area (Å²) in [7, 11) is 2.92. The van der Waals surface area contributed by atoms with Crippen molar-refractivity contribution in [2.75, 3.05) is 14.2 Å². The van der Waals surface area contributed by atoms with E-state index in [0.717, 1.165) is 45.9 Å². The molecule has 1 aliphatic rings. The van der Waals surface area contributed by atoms with Gasteiger partial charge < -0.3 is 5.73 Å². The highest BCUT2D eigenvalue weighted by atomic mass is 16.7. The van der Waals surface area contributed by atoms with Gasteiger partial charge in [-0.15, -0.1) is 5.10 Å². The predicted octanol–water partition coefficient (Wildman–Crippen LogP) is 3.43. The maximum Gasteiger partial charge on any atom is 0.316 e. The van der Waals surface area contributed by atoms with Gasteiger partial charge in [0.1, 0.15) is 0 Å². The van der Waals surface area contributed by atoms with Crippen LogP contribution in [0.5, 0.6) is 0 Å². The van der Waals surface area contributed by atoms with Crippen LogP contribution in [-0.2, 0) is 10.4 Å². The zero-order chi connectivity index (χ0) is 22.3. The lowest BCUT2D eigenvalue weighted by molar-refractivity contribution is -0.0764. The molecule has 4 aromatic rings. The molecular weight excluding hydrogens is 404 g/mol. The number of fused-ring (bicyclic) bond motifs is 1. The van der Waals surface area contributed by atoms with Crippen LogP contribution in [0.2, 0.25) is 0 Å². The van der Waals surface area contributed by atoms with E-state index < -0.39 is 5.91 Å². The molecule has 1 saturated carbocycles. The summed E-state index contributed by atoms with van der Waals surface area (Å²) >= 11 is 0. The molecule has 2 N–H and O–H groups in total. The third kappa shape index (κ3) is 3.43. The second-order valence-electron chi connectivity index (χ2n) is 8.12. The summed E-state index contributed by atoms with van der Waals surface area (Å²) < 4.78 is 1.53. The molecule has 32 heavy (non-hydrogen) atoms. The van der Waals surface area contributed by atoms with Crippen molar-refractivity contribution in [2.45, 2.75) is 24.8 Å². The Labute approximate surface area is 185 Å². The lowest BCUT2D eigenvalue weighted by Gasteiger charge is -2.38. The number of rotatable bonds is 5. The van der Waals surface area contributed by atoms with E-state index in [9.17, 15) is 4.79 Å². The van der Waals surface area contributed by atoms with Gasteiger partial charge in [0, 0.05) is 29.9 Å². The maximum atomic E-state index is 12.4. The molecule has 162 valence electrons. The molecule has 1 amide bonds. The summed E-state index contributed by atoms with van der Waals surface area (Å²) in [5.74, 6) is -0.0896. The van der Waals surface area contributed by atoms with E-state index in [1.54, 1.807) is 0 Å². The van der Waals surface area contributed by atoms with E-state index in [-0.39, 0.29) is 11.4 Å². The first-order valence-electron chi connectivity index (χ1n) is 10.5. The maximum absolute atomic E-state index is 12.4. The Hall–Kier alpha value is -3.62. The summed E-state index contributed by atoms with van der Waals surface area (Å²) in [5.41, 5.74) is 11.0. The van der Waals surface area contributed by atoms with Gasteiger partial charge in [0.15, 0.2) is 0 Å². The number of hydrogen-bond donors (Lipinski definition) is 1. The Kier molecular flexibility index (Phi) is 4.96. The van der Waals surface area contributed by atoms with Crippen LogP contribution in [0.15, 0.2) is 60.8 Å². The van der Waals surface area contributed by atoms with Crippen molar-refractivity contribution >= 4 is 11.7 Å². The normalized spacial score (nSPS) is 14.8. The molecule has 0 radical (unpaired) electrons. The van der Waals surface area contributed by atoms with Crippen molar-refractivity contribution in [1.82, 2.24) is 24.6 Å². The molecule has 2 aromatic carbocycles. The fourth-order valence-corrected chi connectivity index (χ4v) is 3.99. The molecule has 0 spiro atoms. The minimum atomic E-state index is -0.445. The van der Waals surface area contributed by atoms with Crippen LogP contribution in [0.3, 0.4) is 0 Å². The van der Waals surface area contributed by atoms with Crippen molar-refractivity contribution in [3.63, 3.8) is 0 Å². The number of hydrogen-bond acceptors (Lipinski definition) is 6. The molecule has 0 unspecified atom stereocenters. The van der Waals surface area contributed by atoms with Crippen LogP contribution < -0.4 is 5.73 Å². The highest BCUT2D eigenvalue weighted by Crippen LogP contribution is 2.39. The predicted molar refractivity (Wildman–Crippen MR) is 120 cm³/mol. The molecule has 0 saturated heterocycles. The fraction of sp³-hybridized carbons (Fsp3) is 0.250. The van der Waals surface area contributed by atoms with Crippen LogP contribution in [0.4, 0.5) is 0 Å². The van der Waals surface area contributed by atoms with Crippen molar-refractivity contribution in [1.29, 1.82) is 0 Å². The smallest absolute Gasteiger partial charge is 0.316 e. The van der Waals surface area contributed by atoms with Crippen molar-refractivity contribution in [3.05, 3.63) is 72.2 Å². The van der Waals surface area contributed by atoms with Gasteiger partial charge in [-0.25, -0.2) is 14.6 Å². The second kappa shape index (κ2) is 7.81. The zero-order valence-electron chi connectivity index (χ0n) is 18.0. The largest absolute Gasteiger partial charge is 0.321 e. The van der Waals surface area contributed by atoms with Gasteiger partial charge in [-0.2, -0.15) is 4.98 Å². The van der Waals surface area contributed by atoms with Gasteiger partial charge in [-0.3, -0.25) is 9.63 Å². The van der Waals surface area contributed by atoms with E-state index in [0.29, 0.717) is 5.78 Å². The van der Waals surface area contributed by atoms with Gasteiger partial charge in [-0.1, -0.05) is 54.6 Å². The van der Waals surface area contributed by atoms with E-state index >= 15 is 0 Å². The van der Waals surface area contributed by atoms with Gasteiger partial charge >= 0.3 is 5.91 Å². The minimum Gasteiger partial charge on any atom is -0.321 e. The Bertz CT molecular complexity index is 1280. The first-order chi connectivity index (χ1) is 15.5. The number of hydroxylamine groups is 2. The summed E-state index contributed by atoms with van der Waals surface area (Å²) in [6.07, 6.45) is 5.05. The molecule has 8 heteroatoms. The molecule has 1 aliphatic carbocycles. The first-order valence-corrected chi connectivity index (χ1v) is 10.5. The average molecular weight is 428 g/mol. The van der Waals surface area contributed by atoms with Gasteiger partial charge in [0.25, 0.3) is 5.78 Å². The molecule has 8 nitrogen and oxygen atoms in total. The highest BCUT2D eigenvalue weighted by Gasteiger charge is 2.34. The zero-order valence-corrected chi connectivity index (χ0v) is 18.0. The second-order valence-corrected chi connectivity index (χ2v) is 8.12. The van der Waals surface area contributed by atoms with Gasteiger partial charge in [0.05, 0.1) is 12.8 Å². The third-order valence-corrected chi connectivity index (χ3v) is 6.15. The molecule has 0 aliphatic heterocycles. The summed E-state index contributed by atoms with van der Waals surface area (Å²) in [6.45, 7) is 0. The third-order valence-electron chi connectivity index (χ3n) is 6.15. The van der Waals surface area contributed by atoms with Gasteiger partial charge in [0.2, 0.25) is 5.82 Å². The Morgan fingerprint density at radius 3 is 2.41 bits per heavy atom. The van der Waals surface area contributed by atoms with E-state index in [2.05, 4.69) is 34.3 Å². The van der Waals surface area contributed by atoms with Crippen molar-refractivity contribution < 1.29 is 9.63 Å². The average Bonchev–Trinajstić information content (AvgIpc) is 3.24. The lowest BCUT2D eigenvalue weighted by atomic mass is 9.72. The Morgan fingerprint density at radius 1 is 1.06 bits per heavy atom. The van der Waals surface area contributed by atoms with Crippen LogP contribution in [0.1, 0.15) is 35.4 Å². The summed E-state index contributed by atoms with van der Waals surface area (Å²) in [6, 6.07) is 18.2. The minimum absolute atomic E-state index is 0.0171. The molecule has 1 fully saturated rings. The van der Waals surface area contributed by atoms with Crippen LogP contribution in [0.25, 0.3) is 28.2 Å². The van der Waals surface area contributed by atoms with Gasteiger partial charge in [-0.05, 0) is 30.4 Å². The van der Waals surface area contributed by atoms with E-state index in [1.165, 1.54) is 25.1 Å². The number of carbonyl (C=O) groups excluding carboxylic acids is 1. The van der Waals surface area contributed by atoms with Crippen LogP contribution in [-0.4, -0.2) is 44.7 Å². The molecule has 5 rings (SSSR count). The number of carbonyl (C=O) groups is 1. The molecule has 2 heterocycles. The van der Waals surface area contributed by atoms with Crippen LogP contribution >= 0.6 is 0 Å². The first kappa shape index (κ1) is 20.3. The Balaban J connectivity index is 1.63. The Morgan fingerprint density at radius 2 is 1.78 bits per heavy atom. The van der Waals surface area contributed by atoms with Crippen LogP contribution in [0, 0.1) is 0 Å². The molecule has 0 atom stereocenters. The van der Waals surface area contributed by atoms with Crippen molar-refractivity contribution in [2.24, 2.45) is 5.73 Å². The number of nitrogens with zero attached hydrogens (tertiary/aromatic N) is 5. The summed E-state index contributed by atoms with van der Waals surface area (Å²) in [5, 5.41) is 5.40. The number of aromatic nitrogens is 4. The topological polar surface area (TPSA) is 98.6 Å². The van der Waals surface area contributed by atoms with Crippen molar-refractivity contribution in [3.8, 4) is 22.4 Å². The monoisotopic (exact) mass is 428 g/mol. The number of nitrogens with two attached hydrogens (primary N) is 1. The molecule has 0 bridgehead atoms.